The highest BCUT2D eigenvalue weighted by Gasteiger charge is 2.35. The van der Waals surface area contributed by atoms with Crippen LogP contribution in [-0.2, 0) is 17.8 Å². The molecule has 172 valence electrons. The SMILES string of the molecule is CN=C(NCc1cccc(Cn2ccnc2C)c1)NCC1CCCOC1C(C)(C)C.I. The van der Waals surface area contributed by atoms with E-state index in [9.17, 15) is 0 Å². The number of aromatic nitrogens is 2. The summed E-state index contributed by atoms with van der Waals surface area (Å²) in [5.41, 5.74) is 2.66. The van der Waals surface area contributed by atoms with Crippen LogP contribution in [-0.4, -0.2) is 41.8 Å². The first kappa shape index (κ1) is 25.6. The van der Waals surface area contributed by atoms with Gasteiger partial charge in [0.25, 0.3) is 0 Å². The monoisotopic (exact) mass is 539 g/mol. The van der Waals surface area contributed by atoms with Gasteiger partial charge >= 0.3 is 0 Å². The Morgan fingerprint density at radius 3 is 2.71 bits per heavy atom. The van der Waals surface area contributed by atoms with Crippen molar-refractivity contribution in [3.63, 3.8) is 0 Å². The van der Waals surface area contributed by atoms with E-state index >= 15 is 0 Å². The second kappa shape index (κ2) is 11.9. The van der Waals surface area contributed by atoms with Crippen LogP contribution in [0.4, 0.5) is 0 Å². The fourth-order valence-electron chi connectivity index (χ4n) is 4.25. The van der Waals surface area contributed by atoms with E-state index in [1.54, 1.807) is 0 Å². The molecular formula is C24H38IN5O. The van der Waals surface area contributed by atoms with Crippen LogP contribution >= 0.6 is 24.0 Å². The summed E-state index contributed by atoms with van der Waals surface area (Å²) >= 11 is 0. The van der Waals surface area contributed by atoms with Crippen molar-refractivity contribution in [1.29, 1.82) is 0 Å². The highest BCUT2D eigenvalue weighted by molar-refractivity contribution is 14.0. The van der Waals surface area contributed by atoms with Crippen LogP contribution in [0.2, 0.25) is 0 Å². The molecule has 2 N–H and O–H groups in total. The van der Waals surface area contributed by atoms with Gasteiger partial charge in [-0.25, -0.2) is 4.98 Å². The second-order valence-corrected chi connectivity index (χ2v) is 9.29. The standard InChI is InChI=1S/C24H37N5O.HI/c1-18-26-11-12-29(18)17-20-9-6-8-19(14-20)15-27-23(25-5)28-16-21-10-7-13-30-22(21)24(2,3)4;/h6,8-9,11-12,14,21-22H,7,10,13,15-17H2,1-5H3,(H2,25,27,28);1H. The summed E-state index contributed by atoms with van der Waals surface area (Å²) in [6, 6.07) is 8.66. The number of rotatable bonds is 6. The minimum Gasteiger partial charge on any atom is -0.377 e. The van der Waals surface area contributed by atoms with Gasteiger partial charge in [-0.1, -0.05) is 45.0 Å². The number of imidazole rings is 1. The fraction of sp³-hybridized carbons (Fsp3) is 0.583. The molecule has 6 nitrogen and oxygen atoms in total. The van der Waals surface area contributed by atoms with Crippen molar-refractivity contribution in [2.24, 2.45) is 16.3 Å². The van der Waals surface area contributed by atoms with E-state index in [0.717, 1.165) is 44.4 Å². The Bertz CT molecular complexity index is 842. The minimum atomic E-state index is 0. The Kier molecular flexibility index (Phi) is 9.81. The molecule has 0 bridgehead atoms. The highest BCUT2D eigenvalue weighted by Crippen LogP contribution is 2.33. The summed E-state index contributed by atoms with van der Waals surface area (Å²) < 4.78 is 8.27. The van der Waals surface area contributed by atoms with Crippen molar-refractivity contribution in [1.82, 2.24) is 20.2 Å². The van der Waals surface area contributed by atoms with Crippen LogP contribution in [0.25, 0.3) is 0 Å². The Balaban J connectivity index is 0.00000341. The van der Waals surface area contributed by atoms with Gasteiger partial charge in [0.05, 0.1) is 6.10 Å². The molecule has 0 spiro atoms. The van der Waals surface area contributed by atoms with Crippen molar-refractivity contribution in [3.05, 3.63) is 53.6 Å². The summed E-state index contributed by atoms with van der Waals surface area (Å²) in [6.07, 6.45) is 6.47. The van der Waals surface area contributed by atoms with Gasteiger partial charge in [-0.3, -0.25) is 4.99 Å². The van der Waals surface area contributed by atoms with Crippen molar-refractivity contribution < 1.29 is 4.74 Å². The molecule has 1 saturated heterocycles. The zero-order valence-corrected chi connectivity index (χ0v) is 21.8. The molecule has 0 aliphatic carbocycles. The maximum absolute atomic E-state index is 6.11. The first-order chi connectivity index (χ1) is 14.4. The fourth-order valence-corrected chi connectivity index (χ4v) is 4.25. The first-order valence-electron chi connectivity index (χ1n) is 11.0. The molecule has 3 rings (SSSR count). The van der Waals surface area contributed by atoms with Crippen LogP contribution < -0.4 is 10.6 Å². The van der Waals surface area contributed by atoms with Crippen LogP contribution in [0.3, 0.4) is 0 Å². The van der Waals surface area contributed by atoms with Crippen molar-refractivity contribution in [2.45, 2.75) is 59.7 Å². The van der Waals surface area contributed by atoms with Crippen molar-refractivity contribution in [2.75, 3.05) is 20.2 Å². The molecule has 1 aromatic carbocycles. The molecule has 1 fully saturated rings. The first-order valence-corrected chi connectivity index (χ1v) is 11.0. The van der Waals surface area contributed by atoms with Crippen LogP contribution in [0, 0.1) is 18.3 Å². The Morgan fingerprint density at radius 1 is 1.26 bits per heavy atom. The molecule has 0 radical (unpaired) electrons. The molecule has 1 aromatic heterocycles. The maximum Gasteiger partial charge on any atom is 0.191 e. The third-order valence-corrected chi connectivity index (χ3v) is 5.78. The summed E-state index contributed by atoms with van der Waals surface area (Å²) in [5, 5.41) is 6.97. The molecular weight excluding hydrogens is 501 g/mol. The number of guanidine groups is 1. The Hall–Kier alpha value is -1.61. The predicted octanol–water partition coefficient (Wildman–Crippen LogP) is 4.36. The van der Waals surface area contributed by atoms with E-state index < -0.39 is 0 Å². The average molecular weight is 540 g/mol. The topological polar surface area (TPSA) is 63.5 Å². The number of aliphatic imine (C=N–C) groups is 1. The smallest absolute Gasteiger partial charge is 0.191 e. The van der Waals surface area contributed by atoms with Gasteiger partial charge in [0.1, 0.15) is 5.82 Å². The van der Waals surface area contributed by atoms with Crippen LogP contribution in [0.1, 0.15) is 50.6 Å². The van der Waals surface area contributed by atoms with Crippen LogP contribution in [0.5, 0.6) is 0 Å². The second-order valence-electron chi connectivity index (χ2n) is 9.29. The summed E-state index contributed by atoms with van der Waals surface area (Å²) in [4.78, 5) is 8.71. The number of nitrogens with one attached hydrogen (secondary N) is 2. The van der Waals surface area contributed by atoms with Gasteiger partial charge in [0.15, 0.2) is 5.96 Å². The summed E-state index contributed by atoms with van der Waals surface area (Å²) in [7, 11) is 1.83. The number of benzene rings is 1. The van der Waals surface area contributed by atoms with Gasteiger partial charge in [0.2, 0.25) is 0 Å². The van der Waals surface area contributed by atoms with Gasteiger partial charge in [0, 0.05) is 51.6 Å². The van der Waals surface area contributed by atoms with Crippen molar-refractivity contribution >= 4 is 29.9 Å². The molecule has 2 heterocycles. The van der Waals surface area contributed by atoms with Crippen LogP contribution in [0.15, 0.2) is 41.7 Å². The third kappa shape index (κ3) is 7.49. The van der Waals surface area contributed by atoms with Gasteiger partial charge in [-0.2, -0.15) is 0 Å². The highest BCUT2D eigenvalue weighted by atomic mass is 127. The summed E-state index contributed by atoms with van der Waals surface area (Å²) in [5.74, 6) is 2.37. The third-order valence-electron chi connectivity index (χ3n) is 5.78. The van der Waals surface area contributed by atoms with Gasteiger partial charge in [-0.05, 0) is 36.3 Å². The van der Waals surface area contributed by atoms with E-state index in [0.29, 0.717) is 5.92 Å². The van der Waals surface area contributed by atoms with E-state index in [1.165, 1.54) is 17.5 Å². The lowest BCUT2D eigenvalue weighted by molar-refractivity contribution is -0.0835. The number of hydrogen-bond donors (Lipinski definition) is 2. The molecule has 2 aromatic rings. The quantitative estimate of drug-likeness (QED) is 0.325. The van der Waals surface area contributed by atoms with E-state index in [2.05, 4.69) is 70.2 Å². The lowest BCUT2D eigenvalue weighted by atomic mass is 9.78. The molecule has 31 heavy (non-hydrogen) atoms. The number of aryl methyl sites for hydroxylation is 1. The van der Waals surface area contributed by atoms with Crippen molar-refractivity contribution in [3.8, 4) is 0 Å². The normalized spacial score (nSPS) is 19.6. The van der Waals surface area contributed by atoms with Gasteiger partial charge in [-0.15, -0.1) is 24.0 Å². The largest absolute Gasteiger partial charge is 0.377 e. The van der Waals surface area contributed by atoms with E-state index in [1.807, 2.05) is 26.4 Å². The van der Waals surface area contributed by atoms with E-state index in [-0.39, 0.29) is 35.5 Å². The van der Waals surface area contributed by atoms with Gasteiger partial charge < -0.3 is 19.9 Å². The molecule has 0 amide bonds. The average Bonchev–Trinajstić information content (AvgIpc) is 3.12. The number of halogens is 1. The maximum atomic E-state index is 6.11. The number of ether oxygens (including phenoxy) is 1. The number of nitrogens with zero attached hydrogens (tertiary/aromatic N) is 3. The zero-order chi connectivity index (χ0) is 21.6. The zero-order valence-electron chi connectivity index (χ0n) is 19.5. The molecule has 1 aliphatic rings. The Morgan fingerprint density at radius 2 is 2.03 bits per heavy atom. The number of hydrogen-bond acceptors (Lipinski definition) is 3. The molecule has 1 aliphatic heterocycles. The molecule has 2 unspecified atom stereocenters. The summed E-state index contributed by atoms with van der Waals surface area (Å²) in [6.45, 7) is 12.2. The molecule has 2 atom stereocenters. The Labute approximate surface area is 204 Å². The predicted molar refractivity (Wildman–Crippen MR) is 138 cm³/mol. The molecule has 7 heteroatoms. The lowest BCUT2D eigenvalue weighted by Crippen LogP contribution is -2.47. The lowest BCUT2D eigenvalue weighted by Gasteiger charge is -2.40. The minimum absolute atomic E-state index is 0. The van der Waals surface area contributed by atoms with E-state index in [4.69, 9.17) is 4.74 Å². The molecule has 0 saturated carbocycles.